The molecule has 78 valence electrons. The van der Waals surface area contributed by atoms with Gasteiger partial charge in [-0.05, 0) is 18.1 Å². The summed E-state index contributed by atoms with van der Waals surface area (Å²) < 4.78 is 4.73. The third-order valence-electron chi connectivity index (χ3n) is 2.06. The van der Waals surface area contributed by atoms with Gasteiger partial charge in [0.25, 0.3) is 0 Å². The number of nitrogens with one attached hydrogen (secondary N) is 1. The maximum atomic E-state index is 4.73. The van der Waals surface area contributed by atoms with Crippen LogP contribution < -0.4 is 5.32 Å². The molecule has 1 N–H and O–H groups in total. The predicted molar refractivity (Wildman–Crippen MR) is 56.0 cm³/mol. The van der Waals surface area contributed by atoms with Crippen LogP contribution in [0.3, 0.4) is 0 Å². The van der Waals surface area contributed by atoms with Crippen molar-refractivity contribution < 1.29 is 4.52 Å². The molecule has 2 rings (SSSR count). The van der Waals surface area contributed by atoms with Gasteiger partial charge in [0.1, 0.15) is 6.26 Å². The largest absolute Gasteiger partial charge is 0.364 e. The van der Waals surface area contributed by atoms with Gasteiger partial charge < -0.3 is 9.84 Å². The second-order valence-electron chi connectivity index (χ2n) is 3.46. The van der Waals surface area contributed by atoms with Crippen molar-refractivity contribution in [2.24, 2.45) is 0 Å². The molecule has 2 heterocycles. The summed E-state index contributed by atoms with van der Waals surface area (Å²) in [5.41, 5.74) is 3.27. The van der Waals surface area contributed by atoms with Crippen LogP contribution in [0.5, 0.6) is 0 Å². The van der Waals surface area contributed by atoms with Crippen LogP contribution in [0.15, 0.2) is 35.3 Å². The van der Waals surface area contributed by atoms with Crippen LogP contribution >= 0.6 is 0 Å². The van der Waals surface area contributed by atoms with Gasteiger partial charge in [-0.3, -0.25) is 4.98 Å². The number of hydrogen-bond acceptors (Lipinski definition) is 4. The maximum absolute atomic E-state index is 4.73. The molecule has 0 aliphatic rings. The highest BCUT2D eigenvalue weighted by Gasteiger charge is 1.97. The van der Waals surface area contributed by atoms with E-state index in [0.29, 0.717) is 6.54 Å². The van der Waals surface area contributed by atoms with Crippen molar-refractivity contribution >= 4 is 0 Å². The molecular weight excluding hydrogens is 190 g/mol. The minimum atomic E-state index is 0.713. The average Bonchev–Trinajstić information content (AvgIpc) is 2.71. The zero-order chi connectivity index (χ0) is 10.5. The predicted octanol–water partition coefficient (Wildman–Crippen LogP) is 1.67. The fraction of sp³-hybridized carbons (Fsp3) is 0.273. The smallest absolute Gasteiger partial charge is 0.124 e. The van der Waals surface area contributed by atoms with E-state index >= 15 is 0 Å². The molecule has 0 saturated carbocycles. The van der Waals surface area contributed by atoms with Gasteiger partial charge in [-0.1, -0.05) is 11.2 Å². The second kappa shape index (κ2) is 4.70. The Balaban J connectivity index is 1.83. The van der Waals surface area contributed by atoms with Gasteiger partial charge in [0, 0.05) is 31.5 Å². The van der Waals surface area contributed by atoms with Gasteiger partial charge in [0.2, 0.25) is 0 Å². The van der Waals surface area contributed by atoms with Gasteiger partial charge in [-0.25, -0.2) is 0 Å². The van der Waals surface area contributed by atoms with Gasteiger partial charge >= 0.3 is 0 Å². The summed E-state index contributed by atoms with van der Waals surface area (Å²) in [4.78, 5) is 4.13. The molecule has 15 heavy (non-hydrogen) atoms. The first-order valence-electron chi connectivity index (χ1n) is 4.85. The normalized spacial score (nSPS) is 10.5. The quantitative estimate of drug-likeness (QED) is 0.821. The standard InChI is InChI=1S/C11H13N3O/c1-9-4-10(6-12-5-9)7-13-8-11-2-3-15-14-11/h2-6,13H,7-8H2,1H3. The van der Waals surface area contributed by atoms with Crippen LogP contribution in [-0.2, 0) is 13.1 Å². The summed E-state index contributed by atoms with van der Waals surface area (Å²) in [5, 5.41) is 7.08. The maximum Gasteiger partial charge on any atom is 0.124 e. The first-order chi connectivity index (χ1) is 7.34. The van der Waals surface area contributed by atoms with Crippen molar-refractivity contribution in [1.29, 1.82) is 0 Å². The van der Waals surface area contributed by atoms with Crippen molar-refractivity contribution in [2.45, 2.75) is 20.0 Å². The topological polar surface area (TPSA) is 51.0 Å². The van der Waals surface area contributed by atoms with E-state index in [9.17, 15) is 0 Å². The summed E-state index contributed by atoms with van der Waals surface area (Å²) in [5.74, 6) is 0. The zero-order valence-electron chi connectivity index (χ0n) is 8.60. The molecule has 0 bridgehead atoms. The number of nitrogens with zero attached hydrogens (tertiary/aromatic N) is 2. The molecule has 0 aliphatic carbocycles. The van der Waals surface area contributed by atoms with E-state index in [1.54, 1.807) is 6.26 Å². The summed E-state index contributed by atoms with van der Waals surface area (Å²) >= 11 is 0. The van der Waals surface area contributed by atoms with Crippen molar-refractivity contribution in [1.82, 2.24) is 15.5 Å². The van der Waals surface area contributed by atoms with Crippen molar-refractivity contribution in [3.05, 3.63) is 47.6 Å². The Labute approximate surface area is 88.3 Å². The molecule has 0 aromatic carbocycles. The lowest BCUT2D eigenvalue weighted by molar-refractivity contribution is 0.408. The summed E-state index contributed by atoms with van der Waals surface area (Å²) in [6.45, 7) is 3.54. The number of hydrogen-bond donors (Lipinski definition) is 1. The highest BCUT2D eigenvalue weighted by Crippen LogP contribution is 2.01. The number of aryl methyl sites for hydroxylation is 1. The molecular formula is C11H13N3O. The van der Waals surface area contributed by atoms with Crippen LogP contribution in [0, 0.1) is 6.92 Å². The Morgan fingerprint density at radius 1 is 1.33 bits per heavy atom. The average molecular weight is 203 g/mol. The molecule has 0 amide bonds. The lowest BCUT2D eigenvalue weighted by atomic mass is 10.2. The van der Waals surface area contributed by atoms with Crippen LogP contribution in [0.25, 0.3) is 0 Å². The third-order valence-corrected chi connectivity index (χ3v) is 2.06. The molecule has 2 aromatic rings. The lowest BCUT2D eigenvalue weighted by Crippen LogP contribution is -2.13. The summed E-state index contributed by atoms with van der Waals surface area (Å²) in [6, 6.07) is 3.96. The first kappa shape index (κ1) is 9.86. The Hall–Kier alpha value is -1.68. The Bertz CT molecular complexity index is 412. The van der Waals surface area contributed by atoms with Crippen LogP contribution in [0.4, 0.5) is 0 Å². The van der Waals surface area contributed by atoms with Gasteiger partial charge in [0.05, 0.1) is 5.69 Å². The second-order valence-corrected chi connectivity index (χ2v) is 3.46. The lowest BCUT2D eigenvalue weighted by Gasteiger charge is -2.02. The molecule has 0 aliphatic heterocycles. The molecule has 4 heteroatoms. The number of aromatic nitrogens is 2. The van der Waals surface area contributed by atoms with Crippen LogP contribution in [0.1, 0.15) is 16.8 Å². The van der Waals surface area contributed by atoms with Gasteiger partial charge in [-0.2, -0.15) is 0 Å². The first-order valence-corrected chi connectivity index (χ1v) is 4.85. The summed E-state index contributed by atoms with van der Waals surface area (Å²) in [6.07, 6.45) is 5.29. The minimum absolute atomic E-state index is 0.713. The Morgan fingerprint density at radius 3 is 3.00 bits per heavy atom. The van der Waals surface area contributed by atoms with E-state index in [1.807, 2.05) is 25.4 Å². The SMILES string of the molecule is Cc1cncc(CNCc2ccon2)c1. The minimum Gasteiger partial charge on any atom is -0.364 e. The molecule has 0 unspecified atom stereocenters. The van der Waals surface area contributed by atoms with E-state index in [0.717, 1.165) is 12.2 Å². The summed E-state index contributed by atoms with van der Waals surface area (Å²) in [7, 11) is 0. The molecule has 0 radical (unpaired) electrons. The van der Waals surface area contributed by atoms with E-state index in [-0.39, 0.29) is 0 Å². The molecule has 0 atom stereocenters. The number of pyridine rings is 1. The fourth-order valence-corrected chi connectivity index (χ4v) is 1.38. The van der Waals surface area contributed by atoms with E-state index in [1.165, 1.54) is 11.1 Å². The van der Waals surface area contributed by atoms with Crippen molar-refractivity contribution in [3.8, 4) is 0 Å². The van der Waals surface area contributed by atoms with Crippen molar-refractivity contribution in [3.63, 3.8) is 0 Å². The van der Waals surface area contributed by atoms with Gasteiger partial charge in [-0.15, -0.1) is 0 Å². The van der Waals surface area contributed by atoms with E-state index in [2.05, 4.69) is 21.5 Å². The Kier molecular flexibility index (Phi) is 3.09. The third kappa shape index (κ3) is 2.89. The Morgan fingerprint density at radius 2 is 2.27 bits per heavy atom. The van der Waals surface area contributed by atoms with Crippen molar-refractivity contribution in [2.75, 3.05) is 0 Å². The fourth-order valence-electron chi connectivity index (χ4n) is 1.38. The monoisotopic (exact) mass is 203 g/mol. The van der Waals surface area contributed by atoms with Crippen LogP contribution in [-0.4, -0.2) is 10.1 Å². The van der Waals surface area contributed by atoms with E-state index in [4.69, 9.17) is 4.52 Å². The van der Waals surface area contributed by atoms with Crippen LogP contribution in [0.2, 0.25) is 0 Å². The van der Waals surface area contributed by atoms with Gasteiger partial charge in [0.15, 0.2) is 0 Å². The molecule has 4 nitrogen and oxygen atoms in total. The zero-order valence-corrected chi connectivity index (χ0v) is 8.60. The molecule has 0 saturated heterocycles. The van der Waals surface area contributed by atoms with E-state index < -0.39 is 0 Å². The molecule has 0 fully saturated rings. The molecule has 2 aromatic heterocycles. The highest BCUT2D eigenvalue weighted by molar-refractivity contribution is 5.16. The number of rotatable bonds is 4. The molecule has 0 spiro atoms. The highest BCUT2D eigenvalue weighted by atomic mass is 16.5.